The van der Waals surface area contributed by atoms with Crippen molar-refractivity contribution >= 4 is 31.9 Å². The lowest BCUT2D eigenvalue weighted by Crippen LogP contribution is -2.34. The van der Waals surface area contributed by atoms with E-state index in [1.54, 1.807) is 0 Å². The van der Waals surface area contributed by atoms with Crippen LogP contribution in [-0.2, 0) is 10.2 Å². The Labute approximate surface area is 124 Å². The Hall–Kier alpha value is 0.0700. The Morgan fingerprint density at radius 1 is 1.22 bits per heavy atom. The number of alkyl halides is 2. The van der Waals surface area contributed by atoms with Gasteiger partial charge < -0.3 is 4.74 Å². The molecule has 0 aromatic heterocycles. The molecule has 1 aromatic rings. The highest BCUT2D eigenvalue weighted by Gasteiger charge is 2.34. The van der Waals surface area contributed by atoms with Gasteiger partial charge in [-0.05, 0) is 37.0 Å². The van der Waals surface area contributed by atoms with Crippen molar-refractivity contribution in [3.8, 4) is 0 Å². The molecule has 100 valence electrons. The fourth-order valence-corrected chi connectivity index (χ4v) is 4.50. The molecule has 1 aliphatic heterocycles. The first kappa shape index (κ1) is 14.5. The van der Waals surface area contributed by atoms with Crippen molar-refractivity contribution in [2.45, 2.75) is 30.8 Å². The van der Waals surface area contributed by atoms with Crippen LogP contribution in [0.15, 0.2) is 24.3 Å². The third-order valence-electron chi connectivity index (χ3n) is 3.61. The van der Waals surface area contributed by atoms with E-state index < -0.39 is 0 Å². The van der Waals surface area contributed by atoms with Crippen LogP contribution in [0, 0.1) is 5.82 Å². The summed E-state index contributed by atoms with van der Waals surface area (Å²) in [5.41, 5.74) is 1.14. The van der Waals surface area contributed by atoms with Crippen LogP contribution < -0.4 is 0 Å². The molecule has 0 saturated carbocycles. The van der Waals surface area contributed by atoms with Crippen LogP contribution in [0.3, 0.4) is 0 Å². The van der Waals surface area contributed by atoms with E-state index in [9.17, 15) is 4.39 Å². The maximum absolute atomic E-state index is 13.0. The fourth-order valence-electron chi connectivity index (χ4n) is 2.46. The van der Waals surface area contributed by atoms with Gasteiger partial charge in [0.05, 0.1) is 6.10 Å². The summed E-state index contributed by atoms with van der Waals surface area (Å²) in [6, 6.07) is 6.83. The van der Waals surface area contributed by atoms with Crippen molar-refractivity contribution in [1.29, 1.82) is 0 Å². The second-order valence-corrected chi connectivity index (χ2v) is 6.02. The van der Waals surface area contributed by atoms with E-state index in [2.05, 4.69) is 31.9 Å². The van der Waals surface area contributed by atoms with Gasteiger partial charge in [-0.2, -0.15) is 0 Å². The minimum Gasteiger partial charge on any atom is -0.378 e. The molecule has 1 atom stereocenters. The molecule has 1 saturated heterocycles. The molecular formula is C14H17Br2FO. The van der Waals surface area contributed by atoms with E-state index >= 15 is 0 Å². The monoisotopic (exact) mass is 378 g/mol. The summed E-state index contributed by atoms with van der Waals surface area (Å²) in [6.45, 7) is 0.870. The van der Waals surface area contributed by atoms with Gasteiger partial charge >= 0.3 is 0 Å². The minimum absolute atomic E-state index is 0.0251. The molecule has 0 aliphatic carbocycles. The first-order valence-electron chi connectivity index (χ1n) is 6.20. The van der Waals surface area contributed by atoms with Crippen LogP contribution in [0.5, 0.6) is 0 Å². The van der Waals surface area contributed by atoms with Gasteiger partial charge in [-0.3, -0.25) is 0 Å². The zero-order valence-electron chi connectivity index (χ0n) is 10.2. The Morgan fingerprint density at radius 2 is 1.89 bits per heavy atom. The summed E-state index contributed by atoms with van der Waals surface area (Å²) in [5, 5.41) is 1.69. The summed E-state index contributed by atoms with van der Waals surface area (Å²) in [5.74, 6) is -0.186. The molecule has 4 heteroatoms. The Kier molecular flexibility index (Phi) is 5.22. The molecule has 1 heterocycles. The van der Waals surface area contributed by atoms with Gasteiger partial charge in [0.15, 0.2) is 0 Å². The molecule has 2 rings (SSSR count). The highest BCUT2D eigenvalue weighted by atomic mass is 79.9. The topological polar surface area (TPSA) is 9.23 Å². The van der Waals surface area contributed by atoms with E-state index in [1.807, 2.05) is 12.1 Å². The van der Waals surface area contributed by atoms with E-state index in [0.717, 1.165) is 42.1 Å². The molecule has 0 N–H and O–H groups in total. The van der Waals surface area contributed by atoms with Gasteiger partial charge in [-0.25, -0.2) is 4.39 Å². The predicted molar refractivity (Wildman–Crippen MR) is 79.3 cm³/mol. The number of halogens is 3. The molecular weight excluding hydrogens is 363 g/mol. The molecule has 1 aromatic carbocycles. The zero-order valence-corrected chi connectivity index (χ0v) is 13.3. The number of hydrogen-bond acceptors (Lipinski definition) is 1. The standard InChI is InChI=1S/C14H17Br2FO/c15-9-14(10-16,8-13-2-1-7-18-13)11-3-5-12(17)6-4-11/h3-6,13H,1-2,7-10H2. The lowest BCUT2D eigenvalue weighted by atomic mass is 9.79. The average Bonchev–Trinajstić information content (AvgIpc) is 2.90. The van der Waals surface area contributed by atoms with Gasteiger partial charge in [0.2, 0.25) is 0 Å². The van der Waals surface area contributed by atoms with Crippen molar-refractivity contribution in [3.63, 3.8) is 0 Å². The highest BCUT2D eigenvalue weighted by molar-refractivity contribution is 9.09. The second-order valence-electron chi connectivity index (χ2n) is 4.89. The normalized spacial score (nSPS) is 20.3. The number of benzene rings is 1. The quantitative estimate of drug-likeness (QED) is 0.688. The van der Waals surface area contributed by atoms with E-state index in [4.69, 9.17) is 4.74 Å². The van der Waals surface area contributed by atoms with Crippen LogP contribution in [-0.4, -0.2) is 23.4 Å². The van der Waals surface area contributed by atoms with Crippen molar-refractivity contribution in [1.82, 2.24) is 0 Å². The van der Waals surface area contributed by atoms with Crippen LogP contribution in [0.25, 0.3) is 0 Å². The maximum atomic E-state index is 13.0. The van der Waals surface area contributed by atoms with Crippen LogP contribution in [0.2, 0.25) is 0 Å². The molecule has 18 heavy (non-hydrogen) atoms. The van der Waals surface area contributed by atoms with Crippen LogP contribution in [0.1, 0.15) is 24.8 Å². The second kappa shape index (κ2) is 6.49. The van der Waals surface area contributed by atoms with Crippen molar-refractivity contribution in [3.05, 3.63) is 35.6 Å². The third-order valence-corrected chi connectivity index (χ3v) is 5.76. The Bertz CT molecular complexity index is 370. The molecule has 1 unspecified atom stereocenters. The van der Waals surface area contributed by atoms with Crippen molar-refractivity contribution in [2.24, 2.45) is 0 Å². The number of hydrogen-bond donors (Lipinski definition) is 0. The molecule has 1 nitrogen and oxygen atoms in total. The maximum Gasteiger partial charge on any atom is 0.123 e. The summed E-state index contributed by atoms with van der Waals surface area (Å²) in [7, 11) is 0. The first-order chi connectivity index (χ1) is 8.70. The molecule has 0 spiro atoms. The fraction of sp³-hybridized carbons (Fsp3) is 0.571. The molecule has 0 amide bonds. The highest BCUT2D eigenvalue weighted by Crippen LogP contribution is 2.36. The van der Waals surface area contributed by atoms with Crippen molar-refractivity contribution in [2.75, 3.05) is 17.3 Å². The lowest BCUT2D eigenvalue weighted by Gasteiger charge is -2.33. The van der Waals surface area contributed by atoms with Gasteiger partial charge in [0.25, 0.3) is 0 Å². The largest absolute Gasteiger partial charge is 0.378 e. The number of ether oxygens (including phenoxy) is 1. The van der Waals surface area contributed by atoms with Gasteiger partial charge in [-0.1, -0.05) is 44.0 Å². The smallest absolute Gasteiger partial charge is 0.123 e. The van der Waals surface area contributed by atoms with E-state index in [1.165, 1.54) is 12.1 Å². The number of rotatable bonds is 5. The Balaban J connectivity index is 2.21. The third kappa shape index (κ3) is 3.14. The van der Waals surface area contributed by atoms with Gasteiger partial charge in [-0.15, -0.1) is 0 Å². The molecule has 0 bridgehead atoms. The van der Waals surface area contributed by atoms with Crippen LogP contribution >= 0.6 is 31.9 Å². The van der Waals surface area contributed by atoms with Gasteiger partial charge in [0.1, 0.15) is 5.82 Å². The Morgan fingerprint density at radius 3 is 2.39 bits per heavy atom. The zero-order chi connectivity index (χ0) is 13.0. The van der Waals surface area contributed by atoms with Crippen molar-refractivity contribution < 1.29 is 9.13 Å². The summed E-state index contributed by atoms with van der Waals surface area (Å²) >= 11 is 7.23. The summed E-state index contributed by atoms with van der Waals surface area (Å²) in [6.07, 6.45) is 3.57. The molecule has 1 fully saturated rings. The summed E-state index contributed by atoms with van der Waals surface area (Å²) in [4.78, 5) is 0. The summed E-state index contributed by atoms with van der Waals surface area (Å²) < 4.78 is 18.8. The van der Waals surface area contributed by atoms with E-state index in [0.29, 0.717) is 6.10 Å². The predicted octanol–water partition coefficient (Wildman–Crippen LogP) is 4.42. The average molecular weight is 380 g/mol. The van der Waals surface area contributed by atoms with Crippen LogP contribution in [0.4, 0.5) is 4.39 Å². The molecule has 1 aliphatic rings. The van der Waals surface area contributed by atoms with E-state index in [-0.39, 0.29) is 11.2 Å². The first-order valence-corrected chi connectivity index (χ1v) is 8.44. The minimum atomic E-state index is -0.186. The molecule has 0 radical (unpaired) electrons. The van der Waals surface area contributed by atoms with Gasteiger partial charge in [0, 0.05) is 22.7 Å². The lowest BCUT2D eigenvalue weighted by molar-refractivity contribution is 0.0892. The SMILES string of the molecule is Fc1ccc(C(CBr)(CBr)CC2CCCO2)cc1.